The maximum absolute atomic E-state index is 6.34. The lowest BCUT2D eigenvalue weighted by Crippen LogP contribution is -2.03. The van der Waals surface area contributed by atoms with Crippen LogP contribution < -0.4 is 15.2 Å². The zero-order chi connectivity index (χ0) is 19.7. The van der Waals surface area contributed by atoms with Crippen LogP contribution in [0.25, 0.3) is 27.6 Å². The summed E-state index contributed by atoms with van der Waals surface area (Å²) in [7, 11) is 3.18. The molecule has 7 nitrogen and oxygen atoms in total. The summed E-state index contributed by atoms with van der Waals surface area (Å²) in [5, 5.41) is 11.1. The van der Waals surface area contributed by atoms with Crippen molar-refractivity contribution in [3.05, 3.63) is 52.3 Å². The van der Waals surface area contributed by atoms with Crippen LogP contribution in [-0.4, -0.2) is 34.2 Å². The third-order valence-corrected chi connectivity index (χ3v) is 5.51. The molecule has 0 aliphatic heterocycles. The first-order valence-electron chi connectivity index (χ1n) is 8.25. The van der Waals surface area contributed by atoms with Crippen molar-refractivity contribution in [2.75, 3.05) is 20.0 Å². The van der Waals surface area contributed by atoms with Crippen LogP contribution in [-0.2, 0) is 0 Å². The van der Waals surface area contributed by atoms with Gasteiger partial charge in [0.25, 0.3) is 0 Å². The maximum atomic E-state index is 6.34. The Labute approximate surface area is 173 Å². The third kappa shape index (κ3) is 3.46. The summed E-state index contributed by atoms with van der Waals surface area (Å²) in [5.74, 6) is 1.67. The highest BCUT2D eigenvalue weighted by Crippen LogP contribution is 2.33. The Kier molecular flexibility index (Phi) is 5.01. The molecule has 0 amide bonds. The van der Waals surface area contributed by atoms with Crippen LogP contribution in [0.3, 0.4) is 0 Å². The standard InChI is InChI=1S/C19H16BrN5O2S/c1-26-14-7-13(8-15(9-14)27-2)25-18(21)17(23-24-25)19-22-16(10-28-19)11-3-5-12(20)6-4-11/h3-10H,21H2,1-2H3. The Morgan fingerprint density at radius 3 is 2.36 bits per heavy atom. The molecular weight excluding hydrogens is 442 g/mol. The number of thiazole rings is 1. The van der Waals surface area contributed by atoms with Gasteiger partial charge in [0.05, 0.1) is 25.6 Å². The second kappa shape index (κ2) is 7.61. The van der Waals surface area contributed by atoms with E-state index in [0.717, 1.165) is 15.7 Å². The van der Waals surface area contributed by atoms with Crippen LogP contribution >= 0.6 is 27.3 Å². The number of hydrogen-bond acceptors (Lipinski definition) is 7. The lowest BCUT2D eigenvalue weighted by Gasteiger charge is -2.09. The number of nitrogen functional groups attached to an aromatic ring is 1. The normalized spacial score (nSPS) is 10.8. The van der Waals surface area contributed by atoms with Crippen molar-refractivity contribution >= 4 is 33.1 Å². The predicted octanol–water partition coefficient (Wildman–Crippen LogP) is 4.42. The molecule has 0 aliphatic carbocycles. The molecule has 4 rings (SSSR count). The molecule has 0 bridgehead atoms. The first kappa shape index (κ1) is 18.5. The Hall–Kier alpha value is -2.91. The highest BCUT2D eigenvalue weighted by Gasteiger charge is 2.18. The van der Waals surface area contributed by atoms with Crippen LogP contribution in [0.4, 0.5) is 5.82 Å². The Bertz CT molecular complexity index is 1100. The summed E-state index contributed by atoms with van der Waals surface area (Å²) in [6.07, 6.45) is 0. The number of nitrogens with zero attached hydrogens (tertiary/aromatic N) is 4. The Morgan fingerprint density at radius 1 is 1.04 bits per heavy atom. The number of aromatic nitrogens is 4. The van der Waals surface area contributed by atoms with E-state index in [1.165, 1.54) is 11.3 Å². The zero-order valence-electron chi connectivity index (χ0n) is 15.1. The van der Waals surface area contributed by atoms with E-state index in [9.17, 15) is 0 Å². The monoisotopic (exact) mass is 457 g/mol. The summed E-state index contributed by atoms with van der Waals surface area (Å²) in [6.45, 7) is 0. The fourth-order valence-corrected chi connectivity index (χ4v) is 3.77. The van der Waals surface area contributed by atoms with Gasteiger partial charge in [0.15, 0.2) is 11.5 Å². The lowest BCUT2D eigenvalue weighted by atomic mass is 10.2. The number of anilines is 1. The number of hydrogen-bond donors (Lipinski definition) is 1. The molecule has 0 radical (unpaired) electrons. The molecule has 2 aromatic carbocycles. The molecule has 0 saturated heterocycles. The van der Waals surface area contributed by atoms with Crippen LogP contribution in [0, 0.1) is 0 Å². The molecule has 28 heavy (non-hydrogen) atoms. The van der Waals surface area contributed by atoms with E-state index in [2.05, 4.69) is 31.2 Å². The summed E-state index contributed by atoms with van der Waals surface area (Å²) < 4.78 is 13.2. The topological polar surface area (TPSA) is 88.1 Å². The van der Waals surface area contributed by atoms with E-state index in [1.54, 1.807) is 25.0 Å². The van der Waals surface area contributed by atoms with Crippen molar-refractivity contribution in [2.24, 2.45) is 0 Å². The van der Waals surface area contributed by atoms with Crippen molar-refractivity contribution in [2.45, 2.75) is 0 Å². The van der Waals surface area contributed by atoms with Gasteiger partial charge in [0, 0.05) is 33.6 Å². The van der Waals surface area contributed by atoms with Gasteiger partial charge in [-0.2, -0.15) is 4.68 Å². The number of ether oxygens (including phenoxy) is 2. The van der Waals surface area contributed by atoms with Gasteiger partial charge in [-0.1, -0.05) is 33.3 Å². The number of halogens is 1. The van der Waals surface area contributed by atoms with Crippen molar-refractivity contribution < 1.29 is 9.47 Å². The average molecular weight is 458 g/mol. The second-order valence-electron chi connectivity index (χ2n) is 5.85. The molecular formula is C19H16BrN5O2S. The summed E-state index contributed by atoms with van der Waals surface area (Å²) in [4.78, 5) is 4.67. The minimum atomic E-state index is 0.395. The summed E-state index contributed by atoms with van der Waals surface area (Å²) in [5.41, 5.74) is 9.45. The highest BCUT2D eigenvalue weighted by atomic mass is 79.9. The molecule has 2 heterocycles. The molecule has 0 saturated carbocycles. The summed E-state index contributed by atoms with van der Waals surface area (Å²) >= 11 is 4.91. The summed E-state index contributed by atoms with van der Waals surface area (Å²) in [6, 6.07) is 13.4. The van der Waals surface area contributed by atoms with Gasteiger partial charge >= 0.3 is 0 Å². The molecule has 142 valence electrons. The van der Waals surface area contributed by atoms with Crippen molar-refractivity contribution in [1.29, 1.82) is 0 Å². The van der Waals surface area contributed by atoms with E-state index < -0.39 is 0 Å². The fourth-order valence-electron chi connectivity index (χ4n) is 2.68. The van der Waals surface area contributed by atoms with Gasteiger partial charge in [-0.3, -0.25) is 0 Å². The molecule has 4 aromatic rings. The Morgan fingerprint density at radius 2 is 1.71 bits per heavy atom. The molecule has 0 unspecified atom stereocenters. The van der Waals surface area contributed by atoms with Crippen LogP contribution in [0.2, 0.25) is 0 Å². The predicted molar refractivity (Wildman–Crippen MR) is 113 cm³/mol. The third-order valence-electron chi connectivity index (χ3n) is 4.13. The number of nitrogens with two attached hydrogens (primary N) is 1. The SMILES string of the molecule is COc1cc(OC)cc(-n2nnc(-c3nc(-c4ccc(Br)cc4)cs3)c2N)c1. The number of methoxy groups -OCH3 is 2. The van der Waals surface area contributed by atoms with Gasteiger partial charge < -0.3 is 15.2 Å². The lowest BCUT2D eigenvalue weighted by molar-refractivity contribution is 0.394. The van der Waals surface area contributed by atoms with Gasteiger partial charge in [-0.25, -0.2) is 4.98 Å². The zero-order valence-corrected chi connectivity index (χ0v) is 17.5. The van der Waals surface area contributed by atoms with E-state index in [1.807, 2.05) is 41.8 Å². The highest BCUT2D eigenvalue weighted by molar-refractivity contribution is 9.10. The molecule has 0 fully saturated rings. The average Bonchev–Trinajstić information content (AvgIpc) is 3.34. The molecule has 0 spiro atoms. The van der Waals surface area contributed by atoms with Crippen LogP contribution in [0.1, 0.15) is 0 Å². The van der Waals surface area contributed by atoms with E-state index >= 15 is 0 Å². The van der Waals surface area contributed by atoms with Gasteiger partial charge in [0.2, 0.25) is 0 Å². The minimum Gasteiger partial charge on any atom is -0.497 e. The molecule has 2 aromatic heterocycles. The van der Waals surface area contributed by atoms with E-state index in [-0.39, 0.29) is 0 Å². The van der Waals surface area contributed by atoms with Crippen LogP contribution in [0.5, 0.6) is 11.5 Å². The van der Waals surface area contributed by atoms with Gasteiger partial charge in [-0.05, 0) is 12.1 Å². The van der Waals surface area contributed by atoms with Gasteiger partial charge in [0.1, 0.15) is 16.5 Å². The van der Waals surface area contributed by atoms with E-state index in [4.69, 9.17) is 15.2 Å². The van der Waals surface area contributed by atoms with Crippen molar-refractivity contribution in [3.63, 3.8) is 0 Å². The largest absolute Gasteiger partial charge is 0.497 e. The second-order valence-corrected chi connectivity index (χ2v) is 7.62. The Balaban J connectivity index is 1.71. The molecule has 0 aliphatic rings. The number of rotatable bonds is 5. The smallest absolute Gasteiger partial charge is 0.165 e. The number of benzene rings is 2. The molecule has 2 N–H and O–H groups in total. The van der Waals surface area contributed by atoms with Crippen molar-refractivity contribution in [3.8, 4) is 39.1 Å². The molecule has 0 atom stereocenters. The van der Waals surface area contributed by atoms with E-state index in [0.29, 0.717) is 33.7 Å². The fraction of sp³-hybridized carbons (Fsp3) is 0.105. The quantitative estimate of drug-likeness (QED) is 0.477. The maximum Gasteiger partial charge on any atom is 0.165 e. The van der Waals surface area contributed by atoms with Gasteiger partial charge in [-0.15, -0.1) is 16.4 Å². The minimum absolute atomic E-state index is 0.395. The van der Waals surface area contributed by atoms with Crippen LogP contribution in [0.15, 0.2) is 52.3 Å². The first-order valence-corrected chi connectivity index (χ1v) is 9.93. The first-order chi connectivity index (χ1) is 13.6. The van der Waals surface area contributed by atoms with Crippen molar-refractivity contribution in [1.82, 2.24) is 20.0 Å². The molecule has 9 heteroatoms.